The fourth-order valence-corrected chi connectivity index (χ4v) is 4.61. The summed E-state index contributed by atoms with van der Waals surface area (Å²) in [5, 5.41) is 0. The lowest BCUT2D eigenvalue weighted by molar-refractivity contribution is 0.154. The molecule has 2 unspecified atom stereocenters. The molecule has 28 heavy (non-hydrogen) atoms. The lowest BCUT2D eigenvalue weighted by Crippen LogP contribution is -2.05. The zero-order valence-electron chi connectivity index (χ0n) is 15.1. The van der Waals surface area contributed by atoms with Crippen molar-refractivity contribution in [1.82, 2.24) is 0 Å². The minimum absolute atomic E-state index is 0.174. The predicted molar refractivity (Wildman–Crippen MR) is 113 cm³/mol. The molecule has 0 fully saturated rings. The van der Waals surface area contributed by atoms with Gasteiger partial charge in [-0.15, -0.1) is 0 Å². The number of rotatable bonds is 6. The van der Waals surface area contributed by atoms with Crippen molar-refractivity contribution >= 4 is 20.8 Å². The summed E-state index contributed by atoms with van der Waals surface area (Å²) in [5.74, 6) is 0.735. The van der Waals surface area contributed by atoms with E-state index in [9.17, 15) is 0 Å². The van der Waals surface area contributed by atoms with Crippen molar-refractivity contribution in [3.63, 3.8) is 0 Å². The van der Waals surface area contributed by atoms with Gasteiger partial charge in [-0.3, -0.25) is 9.05 Å². The predicted octanol–water partition coefficient (Wildman–Crippen LogP) is 6.86. The minimum atomic E-state index is -1.61. The molecule has 0 aliphatic heterocycles. The zero-order chi connectivity index (χ0) is 18.8. The minimum Gasteiger partial charge on any atom is -0.427 e. The lowest BCUT2D eigenvalue weighted by atomic mass is 10.1. The molecular formula is C24H19O3P. The Kier molecular flexibility index (Phi) is 4.80. The summed E-state index contributed by atoms with van der Waals surface area (Å²) in [6, 6.07) is 26.1. The highest BCUT2D eigenvalue weighted by atomic mass is 31.2. The van der Waals surface area contributed by atoms with Crippen molar-refractivity contribution in [3.8, 4) is 5.75 Å². The first kappa shape index (κ1) is 17.4. The standard InChI is InChI=1S/C24H19O3P/c1-2-10-20(11-3-1)25-28(26-23-16-14-18-8-4-6-12-21(18)23)27-24-17-15-19-9-5-7-13-22(19)24/h1-17,23-24H. The van der Waals surface area contributed by atoms with Gasteiger partial charge in [-0.25, -0.2) is 0 Å². The van der Waals surface area contributed by atoms with Crippen LogP contribution in [0.3, 0.4) is 0 Å². The van der Waals surface area contributed by atoms with Gasteiger partial charge in [0.15, 0.2) is 0 Å². The van der Waals surface area contributed by atoms with Gasteiger partial charge in [-0.2, -0.15) is 0 Å². The number of hydrogen-bond donors (Lipinski definition) is 0. The third-order valence-electron chi connectivity index (χ3n) is 4.83. The Hall–Kier alpha value is -2.71. The van der Waals surface area contributed by atoms with Crippen LogP contribution in [-0.2, 0) is 9.05 Å². The maximum absolute atomic E-state index is 6.32. The number of para-hydroxylation sites is 1. The van der Waals surface area contributed by atoms with Gasteiger partial charge < -0.3 is 4.52 Å². The van der Waals surface area contributed by atoms with Crippen LogP contribution in [0.1, 0.15) is 34.5 Å². The second-order valence-corrected chi connectivity index (χ2v) is 7.71. The Bertz CT molecular complexity index is 965. The Morgan fingerprint density at radius 1 is 0.571 bits per heavy atom. The highest BCUT2D eigenvalue weighted by molar-refractivity contribution is 7.42. The van der Waals surface area contributed by atoms with Gasteiger partial charge in [0.25, 0.3) is 0 Å². The van der Waals surface area contributed by atoms with Gasteiger partial charge in [0.1, 0.15) is 18.0 Å². The molecule has 0 N–H and O–H groups in total. The fraction of sp³-hybridized carbons (Fsp3) is 0.0833. The van der Waals surface area contributed by atoms with Crippen LogP contribution in [0.5, 0.6) is 5.75 Å². The normalized spacial score (nSPS) is 20.0. The van der Waals surface area contributed by atoms with Crippen molar-refractivity contribution in [2.75, 3.05) is 0 Å². The van der Waals surface area contributed by atoms with Gasteiger partial charge in [-0.1, -0.05) is 91.0 Å². The molecule has 3 aromatic rings. The van der Waals surface area contributed by atoms with Crippen molar-refractivity contribution < 1.29 is 13.6 Å². The van der Waals surface area contributed by atoms with E-state index in [4.69, 9.17) is 13.6 Å². The van der Waals surface area contributed by atoms with E-state index in [0.717, 1.165) is 16.9 Å². The van der Waals surface area contributed by atoms with E-state index < -0.39 is 8.60 Å². The quantitative estimate of drug-likeness (QED) is 0.433. The smallest absolute Gasteiger partial charge is 0.399 e. The van der Waals surface area contributed by atoms with Crippen LogP contribution in [0, 0.1) is 0 Å². The molecule has 0 bridgehead atoms. The molecule has 3 nitrogen and oxygen atoms in total. The monoisotopic (exact) mass is 386 g/mol. The second-order valence-electron chi connectivity index (χ2n) is 6.66. The summed E-state index contributed by atoms with van der Waals surface area (Å²) in [6.07, 6.45) is 7.92. The molecule has 4 heteroatoms. The molecule has 2 atom stereocenters. The number of hydrogen-bond acceptors (Lipinski definition) is 3. The van der Waals surface area contributed by atoms with Gasteiger partial charge in [0.05, 0.1) is 0 Å². The van der Waals surface area contributed by atoms with Crippen LogP contribution in [-0.4, -0.2) is 0 Å². The van der Waals surface area contributed by atoms with Gasteiger partial charge in [-0.05, 0) is 34.4 Å². The average Bonchev–Trinajstić information content (AvgIpc) is 3.34. The Morgan fingerprint density at radius 2 is 1.07 bits per heavy atom. The highest BCUT2D eigenvalue weighted by Gasteiger charge is 2.29. The summed E-state index contributed by atoms with van der Waals surface area (Å²) in [7, 11) is -1.61. The molecule has 5 rings (SSSR count). The first-order valence-corrected chi connectivity index (χ1v) is 10.4. The first-order chi connectivity index (χ1) is 13.9. The van der Waals surface area contributed by atoms with E-state index in [0.29, 0.717) is 0 Å². The van der Waals surface area contributed by atoms with E-state index >= 15 is 0 Å². The van der Waals surface area contributed by atoms with Crippen LogP contribution in [0.2, 0.25) is 0 Å². The summed E-state index contributed by atoms with van der Waals surface area (Å²) in [6.45, 7) is 0. The van der Waals surface area contributed by atoms with Crippen LogP contribution in [0.4, 0.5) is 0 Å². The van der Waals surface area contributed by atoms with Crippen molar-refractivity contribution in [3.05, 3.63) is 113 Å². The van der Waals surface area contributed by atoms with Crippen LogP contribution in [0.25, 0.3) is 12.2 Å². The molecule has 0 saturated heterocycles. The topological polar surface area (TPSA) is 27.7 Å². The highest BCUT2D eigenvalue weighted by Crippen LogP contribution is 2.51. The van der Waals surface area contributed by atoms with Gasteiger partial charge in [0, 0.05) is 0 Å². The summed E-state index contributed by atoms with van der Waals surface area (Å²) in [4.78, 5) is 0. The van der Waals surface area contributed by atoms with E-state index in [1.54, 1.807) is 0 Å². The number of fused-ring (bicyclic) bond motifs is 2. The Morgan fingerprint density at radius 3 is 1.64 bits per heavy atom. The van der Waals surface area contributed by atoms with E-state index in [-0.39, 0.29) is 12.2 Å². The van der Waals surface area contributed by atoms with Crippen molar-refractivity contribution in [2.24, 2.45) is 0 Å². The van der Waals surface area contributed by atoms with Gasteiger partial charge >= 0.3 is 8.60 Å². The van der Waals surface area contributed by atoms with Crippen LogP contribution < -0.4 is 4.52 Å². The Balaban J connectivity index is 1.38. The van der Waals surface area contributed by atoms with Crippen molar-refractivity contribution in [2.45, 2.75) is 12.2 Å². The summed E-state index contributed by atoms with van der Waals surface area (Å²) < 4.78 is 18.8. The maximum atomic E-state index is 6.32. The molecule has 2 aliphatic rings. The summed E-state index contributed by atoms with van der Waals surface area (Å²) >= 11 is 0. The molecule has 0 amide bonds. The second kappa shape index (κ2) is 7.73. The molecule has 138 valence electrons. The van der Waals surface area contributed by atoms with E-state index in [1.807, 2.05) is 54.6 Å². The average molecular weight is 386 g/mol. The first-order valence-electron chi connectivity index (χ1n) is 9.28. The molecule has 0 heterocycles. The van der Waals surface area contributed by atoms with E-state index in [2.05, 4.69) is 48.6 Å². The SMILES string of the molecule is C1=CC(OP(Oc2ccccc2)OC2C=Cc3ccccc32)c2ccccc21. The molecule has 0 radical (unpaired) electrons. The molecule has 0 saturated carbocycles. The zero-order valence-corrected chi connectivity index (χ0v) is 16.0. The van der Waals surface area contributed by atoms with Gasteiger partial charge in [0.2, 0.25) is 0 Å². The van der Waals surface area contributed by atoms with Crippen LogP contribution in [0.15, 0.2) is 91.0 Å². The number of benzene rings is 3. The largest absolute Gasteiger partial charge is 0.427 e. The Labute approximate surface area is 165 Å². The third kappa shape index (κ3) is 3.53. The molecule has 3 aromatic carbocycles. The third-order valence-corrected chi connectivity index (χ3v) is 5.99. The fourth-order valence-electron chi connectivity index (χ4n) is 3.44. The summed E-state index contributed by atoms with van der Waals surface area (Å²) in [5.41, 5.74) is 4.62. The molecular weight excluding hydrogens is 367 g/mol. The lowest BCUT2D eigenvalue weighted by Gasteiger charge is -2.23. The van der Waals surface area contributed by atoms with Crippen molar-refractivity contribution in [1.29, 1.82) is 0 Å². The van der Waals surface area contributed by atoms with Crippen LogP contribution >= 0.6 is 8.60 Å². The molecule has 0 spiro atoms. The van der Waals surface area contributed by atoms with E-state index in [1.165, 1.54) is 11.1 Å². The molecule has 2 aliphatic carbocycles. The maximum Gasteiger partial charge on any atom is 0.399 e. The molecule has 0 aromatic heterocycles.